The Morgan fingerprint density at radius 1 is 1.10 bits per heavy atom. The molecule has 20 heavy (non-hydrogen) atoms. The Kier molecular flexibility index (Phi) is 2.83. The van der Waals surface area contributed by atoms with E-state index in [0.29, 0.717) is 27.7 Å². The van der Waals surface area contributed by atoms with E-state index in [-0.39, 0.29) is 11.2 Å². The third-order valence-electron chi connectivity index (χ3n) is 3.54. The zero-order chi connectivity index (χ0) is 14.3. The second kappa shape index (κ2) is 4.53. The number of fused-ring (bicyclic) bond motifs is 1. The maximum Gasteiger partial charge on any atom is 0.200 e. The third-order valence-corrected chi connectivity index (χ3v) is 3.54. The number of phenolic OH excluding ortho intramolecular Hbond substituents is 1. The summed E-state index contributed by atoms with van der Waals surface area (Å²) < 4.78 is 5.58. The first kappa shape index (κ1) is 12.5. The maximum absolute atomic E-state index is 12.6. The molecule has 3 heteroatoms. The lowest BCUT2D eigenvalue weighted by Crippen LogP contribution is -2.05. The van der Waals surface area contributed by atoms with E-state index >= 15 is 0 Å². The normalized spacial score (nSPS) is 10.9. The van der Waals surface area contributed by atoms with Crippen molar-refractivity contribution in [3.63, 3.8) is 0 Å². The SMILES string of the molecule is Cc1cc2c(=O)c(-c3ccccc3)coc2c(C)c1O. The molecule has 100 valence electrons. The smallest absolute Gasteiger partial charge is 0.200 e. The molecule has 0 saturated carbocycles. The zero-order valence-corrected chi connectivity index (χ0v) is 11.3. The van der Waals surface area contributed by atoms with Gasteiger partial charge in [0.25, 0.3) is 0 Å². The molecular formula is C17H14O3. The summed E-state index contributed by atoms with van der Waals surface area (Å²) in [5.74, 6) is 0.174. The fraction of sp³-hybridized carbons (Fsp3) is 0.118. The Morgan fingerprint density at radius 2 is 1.80 bits per heavy atom. The van der Waals surface area contributed by atoms with E-state index in [1.807, 2.05) is 30.3 Å². The van der Waals surface area contributed by atoms with Crippen LogP contribution in [0.4, 0.5) is 0 Å². The topological polar surface area (TPSA) is 50.4 Å². The monoisotopic (exact) mass is 266 g/mol. The van der Waals surface area contributed by atoms with Crippen molar-refractivity contribution in [2.45, 2.75) is 13.8 Å². The number of aromatic hydroxyl groups is 1. The molecule has 3 aromatic rings. The van der Waals surface area contributed by atoms with Gasteiger partial charge in [-0.15, -0.1) is 0 Å². The van der Waals surface area contributed by atoms with Crippen LogP contribution in [0.3, 0.4) is 0 Å². The van der Waals surface area contributed by atoms with Crippen molar-refractivity contribution >= 4 is 11.0 Å². The van der Waals surface area contributed by atoms with E-state index in [0.717, 1.165) is 5.56 Å². The molecule has 0 unspecified atom stereocenters. The number of benzene rings is 2. The minimum absolute atomic E-state index is 0.0800. The van der Waals surface area contributed by atoms with E-state index in [9.17, 15) is 9.90 Å². The molecular weight excluding hydrogens is 252 g/mol. The molecule has 3 nitrogen and oxygen atoms in total. The van der Waals surface area contributed by atoms with Gasteiger partial charge in [0.2, 0.25) is 5.43 Å². The lowest BCUT2D eigenvalue weighted by Gasteiger charge is -2.08. The van der Waals surface area contributed by atoms with Gasteiger partial charge in [0.1, 0.15) is 17.6 Å². The fourth-order valence-electron chi connectivity index (χ4n) is 2.41. The van der Waals surface area contributed by atoms with Crippen LogP contribution in [0.25, 0.3) is 22.1 Å². The fourth-order valence-corrected chi connectivity index (χ4v) is 2.41. The number of rotatable bonds is 1. The summed E-state index contributed by atoms with van der Waals surface area (Å²) in [6, 6.07) is 11.1. The van der Waals surface area contributed by atoms with Gasteiger partial charge in [0.05, 0.1) is 10.9 Å². The van der Waals surface area contributed by atoms with Crippen molar-refractivity contribution in [1.29, 1.82) is 0 Å². The Hall–Kier alpha value is -2.55. The standard InChI is InChI=1S/C17H14O3/c1-10-8-13-16(19)14(12-6-4-3-5-7-12)9-20-17(13)11(2)15(10)18/h3-9,18H,1-2H3. The molecule has 0 bridgehead atoms. The van der Waals surface area contributed by atoms with Crippen LogP contribution in [0.2, 0.25) is 0 Å². The Bertz CT molecular complexity index is 845. The minimum Gasteiger partial charge on any atom is -0.507 e. The van der Waals surface area contributed by atoms with Gasteiger partial charge < -0.3 is 9.52 Å². The molecule has 0 amide bonds. The van der Waals surface area contributed by atoms with Crippen LogP contribution in [0.15, 0.2) is 51.9 Å². The van der Waals surface area contributed by atoms with Crippen LogP contribution in [0, 0.1) is 13.8 Å². The highest BCUT2D eigenvalue weighted by molar-refractivity contribution is 5.86. The van der Waals surface area contributed by atoms with Crippen molar-refractivity contribution in [3.05, 3.63) is 64.0 Å². The van der Waals surface area contributed by atoms with Crippen molar-refractivity contribution in [3.8, 4) is 16.9 Å². The Balaban J connectivity index is 2.38. The summed E-state index contributed by atoms with van der Waals surface area (Å²) in [6.07, 6.45) is 1.46. The highest BCUT2D eigenvalue weighted by atomic mass is 16.3. The molecule has 0 fully saturated rings. The molecule has 0 radical (unpaired) electrons. The van der Waals surface area contributed by atoms with Gasteiger partial charge in [0, 0.05) is 5.56 Å². The van der Waals surface area contributed by atoms with Gasteiger partial charge in [-0.25, -0.2) is 0 Å². The van der Waals surface area contributed by atoms with Gasteiger partial charge >= 0.3 is 0 Å². The van der Waals surface area contributed by atoms with Gasteiger partial charge in [-0.05, 0) is 31.0 Å². The predicted molar refractivity (Wildman–Crippen MR) is 79.1 cm³/mol. The molecule has 0 aliphatic carbocycles. The lowest BCUT2D eigenvalue weighted by atomic mass is 10.0. The number of aryl methyl sites for hydroxylation is 2. The summed E-state index contributed by atoms with van der Waals surface area (Å²) in [4.78, 5) is 12.6. The lowest BCUT2D eigenvalue weighted by molar-refractivity contribution is 0.465. The number of hydrogen-bond acceptors (Lipinski definition) is 3. The Labute approximate surface area is 116 Å². The van der Waals surface area contributed by atoms with Gasteiger partial charge in [0.15, 0.2) is 0 Å². The number of hydrogen-bond donors (Lipinski definition) is 1. The molecule has 0 spiro atoms. The van der Waals surface area contributed by atoms with Gasteiger partial charge in [-0.1, -0.05) is 30.3 Å². The summed E-state index contributed by atoms with van der Waals surface area (Å²) in [6.45, 7) is 3.52. The molecule has 0 saturated heterocycles. The van der Waals surface area contributed by atoms with Gasteiger partial charge in [-0.2, -0.15) is 0 Å². The first-order chi connectivity index (χ1) is 9.59. The van der Waals surface area contributed by atoms with Crippen LogP contribution in [-0.2, 0) is 0 Å². The molecule has 1 N–H and O–H groups in total. The van der Waals surface area contributed by atoms with Crippen LogP contribution >= 0.6 is 0 Å². The highest BCUT2D eigenvalue weighted by Gasteiger charge is 2.14. The Morgan fingerprint density at radius 3 is 2.50 bits per heavy atom. The maximum atomic E-state index is 12.6. The van der Waals surface area contributed by atoms with E-state index in [1.165, 1.54) is 6.26 Å². The van der Waals surface area contributed by atoms with Crippen LogP contribution < -0.4 is 5.43 Å². The average Bonchev–Trinajstić information content (AvgIpc) is 2.47. The van der Waals surface area contributed by atoms with Gasteiger partial charge in [-0.3, -0.25) is 4.79 Å². The van der Waals surface area contributed by atoms with Crippen molar-refractivity contribution in [1.82, 2.24) is 0 Å². The van der Waals surface area contributed by atoms with Crippen LogP contribution in [0.1, 0.15) is 11.1 Å². The van der Waals surface area contributed by atoms with Crippen molar-refractivity contribution < 1.29 is 9.52 Å². The first-order valence-corrected chi connectivity index (χ1v) is 6.39. The third kappa shape index (κ3) is 1.79. The van der Waals surface area contributed by atoms with E-state index in [4.69, 9.17) is 4.42 Å². The van der Waals surface area contributed by atoms with Crippen LogP contribution in [-0.4, -0.2) is 5.11 Å². The largest absolute Gasteiger partial charge is 0.507 e. The zero-order valence-electron chi connectivity index (χ0n) is 11.3. The van der Waals surface area contributed by atoms with Crippen molar-refractivity contribution in [2.75, 3.05) is 0 Å². The molecule has 0 aliphatic rings. The van der Waals surface area contributed by atoms with Crippen LogP contribution in [0.5, 0.6) is 5.75 Å². The summed E-state index contributed by atoms with van der Waals surface area (Å²) >= 11 is 0. The molecule has 0 aliphatic heterocycles. The molecule has 2 aromatic carbocycles. The summed E-state index contributed by atoms with van der Waals surface area (Å²) in [5, 5.41) is 10.4. The average molecular weight is 266 g/mol. The summed E-state index contributed by atoms with van der Waals surface area (Å²) in [7, 11) is 0. The second-order valence-corrected chi connectivity index (χ2v) is 4.89. The van der Waals surface area contributed by atoms with E-state index in [2.05, 4.69) is 0 Å². The summed E-state index contributed by atoms with van der Waals surface area (Å²) in [5.41, 5.74) is 2.99. The molecule has 3 rings (SSSR count). The van der Waals surface area contributed by atoms with Crippen molar-refractivity contribution in [2.24, 2.45) is 0 Å². The minimum atomic E-state index is -0.0800. The second-order valence-electron chi connectivity index (χ2n) is 4.89. The quantitative estimate of drug-likeness (QED) is 0.729. The van der Waals surface area contributed by atoms with E-state index < -0.39 is 0 Å². The molecule has 0 atom stereocenters. The molecule has 1 aromatic heterocycles. The first-order valence-electron chi connectivity index (χ1n) is 6.39. The molecule has 1 heterocycles. The number of phenols is 1. The highest BCUT2D eigenvalue weighted by Crippen LogP contribution is 2.30. The van der Waals surface area contributed by atoms with E-state index in [1.54, 1.807) is 19.9 Å². The predicted octanol–water partition coefficient (Wildman–Crippen LogP) is 3.78.